The van der Waals surface area contributed by atoms with Crippen molar-refractivity contribution in [2.24, 2.45) is 5.92 Å². The van der Waals surface area contributed by atoms with Gasteiger partial charge in [0.25, 0.3) is 5.91 Å². The van der Waals surface area contributed by atoms with E-state index in [1.165, 1.54) is 0 Å². The van der Waals surface area contributed by atoms with Crippen molar-refractivity contribution in [3.8, 4) is 0 Å². The van der Waals surface area contributed by atoms with E-state index in [-0.39, 0.29) is 23.3 Å². The summed E-state index contributed by atoms with van der Waals surface area (Å²) in [5.41, 5.74) is 0.129. The van der Waals surface area contributed by atoms with Gasteiger partial charge in [-0.2, -0.15) is 0 Å². The Kier molecular flexibility index (Phi) is 7.10. The van der Waals surface area contributed by atoms with Crippen molar-refractivity contribution in [2.75, 3.05) is 5.32 Å². The fourth-order valence-corrected chi connectivity index (χ4v) is 5.39. The number of nitrogens with one attached hydrogen (secondary N) is 1. The first-order valence-corrected chi connectivity index (χ1v) is 10.8. The van der Waals surface area contributed by atoms with E-state index < -0.39 is 29.3 Å². The van der Waals surface area contributed by atoms with Gasteiger partial charge in [-0.25, -0.2) is 13.2 Å². The minimum absolute atomic E-state index is 0.164. The number of aliphatic carboxylic acids is 1. The second-order valence-electron chi connectivity index (χ2n) is 6.87. The van der Waals surface area contributed by atoms with Crippen LogP contribution in [-0.2, 0) is 4.79 Å². The molecule has 2 N–H and O–H groups in total. The summed E-state index contributed by atoms with van der Waals surface area (Å²) in [4.78, 5) is 24.2. The molecule has 154 valence electrons. The van der Waals surface area contributed by atoms with E-state index in [4.69, 9.17) is 5.11 Å². The summed E-state index contributed by atoms with van der Waals surface area (Å²) in [7, 11) is 0. The molecule has 0 saturated heterocycles. The number of anilines is 1. The lowest BCUT2D eigenvalue weighted by atomic mass is 10.1. The Morgan fingerprint density at radius 2 is 1.83 bits per heavy atom. The largest absolute Gasteiger partial charge is 0.481 e. The van der Waals surface area contributed by atoms with E-state index in [0.717, 1.165) is 39.9 Å². The van der Waals surface area contributed by atoms with Crippen LogP contribution < -0.4 is 5.32 Å². The summed E-state index contributed by atoms with van der Waals surface area (Å²) in [6.45, 7) is 0. The first-order valence-electron chi connectivity index (χ1n) is 8.87. The van der Waals surface area contributed by atoms with Gasteiger partial charge < -0.3 is 10.4 Å². The van der Waals surface area contributed by atoms with Crippen LogP contribution in [0.25, 0.3) is 0 Å². The monoisotopic (exact) mass is 535 g/mol. The highest BCUT2D eigenvalue weighted by Crippen LogP contribution is 2.40. The van der Waals surface area contributed by atoms with E-state index in [0.29, 0.717) is 5.56 Å². The van der Waals surface area contributed by atoms with E-state index in [2.05, 4.69) is 27.9 Å². The number of carbonyl (C=O) groups excluding carboxylic acids is 1. The normalized spacial score (nSPS) is 18.6. The third-order valence-electron chi connectivity index (χ3n) is 4.69. The van der Waals surface area contributed by atoms with E-state index in [1.54, 1.807) is 30.0 Å². The van der Waals surface area contributed by atoms with E-state index in [9.17, 15) is 22.8 Å². The van der Waals surface area contributed by atoms with E-state index in [1.807, 2.05) is 0 Å². The number of thioether (sulfide) groups is 1. The molecule has 1 fully saturated rings. The third-order valence-corrected chi connectivity index (χ3v) is 7.34. The van der Waals surface area contributed by atoms with Gasteiger partial charge in [-0.3, -0.25) is 9.59 Å². The number of benzene rings is 2. The van der Waals surface area contributed by atoms with Gasteiger partial charge in [-0.05, 0) is 66.0 Å². The molecule has 2 atom stereocenters. The quantitative estimate of drug-likeness (QED) is 0.368. The van der Waals surface area contributed by atoms with Gasteiger partial charge in [0, 0.05) is 43.5 Å². The molecule has 2 aromatic carbocycles. The highest BCUT2D eigenvalue weighted by atomic mass is 127. The molecule has 1 amide bonds. The second kappa shape index (κ2) is 9.38. The lowest BCUT2D eigenvalue weighted by Crippen LogP contribution is -2.13. The Morgan fingerprint density at radius 3 is 2.48 bits per heavy atom. The van der Waals surface area contributed by atoms with Crippen LogP contribution in [0.3, 0.4) is 0 Å². The SMILES string of the molecule is O=C(O)CC1CCC(Sc2cc(C(=O)Nc3cc(F)c(F)c(F)c3)ccc2I)C1. The molecular weight excluding hydrogens is 518 g/mol. The van der Waals surface area contributed by atoms with Crippen LogP contribution in [0.5, 0.6) is 0 Å². The third kappa shape index (κ3) is 5.65. The van der Waals surface area contributed by atoms with Crippen molar-refractivity contribution in [1.82, 2.24) is 0 Å². The number of carboxylic acid groups (broad SMARTS) is 1. The minimum atomic E-state index is -1.59. The molecular formula is C20H17F3INO3S. The number of hydrogen-bond acceptors (Lipinski definition) is 3. The lowest BCUT2D eigenvalue weighted by molar-refractivity contribution is -0.138. The zero-order valence-corrected chi connectivity index (χ0v) is 18.0. The van der Waals surface area contributed by atoms with Gasteiger partial charge in [-0.1, -0.05) is 0 Å². The van der Waals surface area contributed by atoms with Crippen molar-refractivity contribution in [3.05, 3.63) is 56.9 Å². The van der Waals surface area contributed by atoms with Crippen LogP contribution in [-0.4, -0.2) is 22.2 Å². The summed E-state index contributed by atoms with van der Waals surface area (Å²) in [5, 5.41) is 11.6. The topological polar surface area (TPSA) is 66.4 Å². The highest BCUT2D eigenvalue weighted by molar-refractivity contribution is 14.1. The number of halogens is 4. The Morgan fingerprint density at radius 1 is 1.14 bits per heavy atom. The van der Waals surface area contributed by atoms with Crippen LogP contribution in [0.4, 0.5) is 18.9 Å². The minimum Gasteiger partial charge on any atom is -0.481 e. The molecule has 2 unspecified atom stereocenters. The Balaban J connectivity index is 1.70. The molecule has 0 aliphatic heterocycles. The van der Waals surface area contributed by atoms with Crippen molar-refractivity contribution in [2.45, 2.75) is 35.8 Å². The first-order chi connectivity index (χ1) is 13.7. The molecule has 1 aliphatic rings. The van der Waals surface area contributed by atoms with Gasteiger partial charge in [0.2, 0.25) is 0 Å². The van der Waals surface area contributed by atoms with Crippen LogP contribution in [0.2, 0.25) is 0 Å². The number of hydrogen-bond donors (Lipinski definition) is 2. The zero-order valence-electron chi connectivity index (χ0n) is 15.1. The maximum Gasteiger partial charge on any atom is 0.303 e. The smallest absolute Gasteiger partial charge is 0.303 e. The fourth-order valence-electron chi connectivity index (χ4n) is 3.31. The van der Waals surface area contributed by atoms with Crippen LogP contribution in [0.15, 0.2) is 35.2 Å². The maximum absolute atomic E-state index is 13.3. The molecule has 1 aliphatic carbocycles. The number of amides is 1. The molecule has 4 nitrogen and oxygen atoms in total. The van der Waals surface area contributed by atoms with Crippen molar-refractivity contribution in [3.63, 3.8) is 0 Å². The standard InChI is InChI=1S/C20H17F3INO3S/c21-14-8-12(9-15(22)19(14)23)25-20(28)11-2-4-16(24)17(7-11)29-13-3-1-10(5-13)6-18(26)27/h2,4,7-10,13H,1,3,5-6H2,(H,25,28)(H,26,27). The Hall–Kier alpha value is -1.75. The molecule has 0 aromatic heterocycles. The molecule has 1 saturated carbocycles. The lowest BCUT2D eigenvalue weighted by Gasteiger charge is -2.13. The number of carboxylic acids is 1. The van der Waals surface area contributed by atoms with Gasteiger partial charge in [0.05, 0.1) is 0 Å². The summed E-state index contributed by atoms with van der Waals surface area (Å²) in [6, 6.07) is 6.51. The average molecular weight is 535 g/mol. The highest BCUT2D eigenvalue weighted by Gasteiger charge is 2.27. The van der Waals surface area contributed by atoms with Gasteiger partial charge in [0.1, 0.15) is 0 Å². The summed E-state index contributed by atoms with van der Waals surface area (Å²) in [6.07, 6.45) is 2.74. The fraction of sp³-hybridized carbons (Fsp3) is 0.300. The van der Waals surface area contributed by atoms with Gasteiger partial charge in [0.15, 0.2) is 17.5 Å². The van der Waals surface area contributed by atoms with Crippen LogP contribution in [0.1, 0.15) is 36.0 Å². The Labute approximate surface area is 183 Å². The summed E-state index contributed by atoms with van der Waals surface area (Å²) < 4.78 is 40.7. The summed E-state index contributed by atoms with van der Waals surface area (Å²) >= 11 is 3.76. The molecule has 2 aromatic rings. The molecule has 0 radical (unpaired) electrons. The Bertz CT molecular complexity index is 934. The molecule has 0 spiro atoms. The zero-order chi connectivity index (χ0) is 21.1. The van der Waals surface area contributed by atoms with Gasteiger partial charge >= 0.3 is 5.97 Å². The van der Waals surface area contributed by atoms with E-state index >= 15 is 0 Å². The van der Waals surface area contributed by atoms with Gasteiger partial charge in [-0.15, -0.1) is 11.8 Å². The number of carbonyl (C=O) groups is 2. The van der Waals surface area contributed by atoms with Crippen molar-refractivity contribution >= 4 is 51.9 Å². The van der Waals surface area contributed by atoms with Crippen LogP contribution in [0, 0.1) is 26.9 Å². The molecule has 3 rings (SSSR count). The maximum atomic E-state index is 13.3. The summed E-state index contributed by atoms with van der Waals surface area (Å²) in [5.74, 6) is -5.54. The molecule has 29 heavy (non-hydrogen) atoms. The molecule has 9 heteroatoms. The average Bonchev–Trinajstić information content (AvgIpc) is 3.07. The molecule has 0 bridgehead atoms. The second-order valence-corrected chi connectivity index (χ2v) is 9.37. The molecule has 0 heterocycles. The van der Waals surface area contributed by atoms with Crippen molar-refractivity contribution in [1.29, 1.82) is 0 Å². The first kappa shape index (κ1) is 21.9. The predicted molar refractivity (Wildman–Crippen MR) is 113 cm³/mol. The van der Waals surface area contributed by atoms with Crippen molar-refractivity contribution < 1.29 is 27.9 Å². The number of rotatable bonds is 6. The predicted octanol–water partition coefficient (Wildman–Crippen LogP) is 5.70. The van der Waals surface area contributed by atoms with Crippen LogP contribution >= 0.6 is 34.4 Å².